The first-order chi connectivity index (χ1) is 14.8. The summed E-state index contributed by atoms with van der Waals surface area (Å²) in [6, 6.07) is 14.0. The van der Waals surface area contributed by atoms with Gasteiger partial charge in [-0.3, -0.25) is 9.67 Å². The Balaban J connectivity index is 1.59. The SMILES string of the molecule is COc1ccc(Cn2ncc3cc(C(N)=Nc4cccc(C(F)(F)F)c4)ncc32)cc1. The van der Waals surface area contributed by atoms with Crippen molar-refractivity contribution in [1.29, 1.82) is 0 Å². The van der Waals surface area contributed by atoms with E-state index >= 15 is 0 Å². The van der Waals surface area contributed by atoms with E-state index in [4.69, 9.17) is 10.5 Å². The quantitative estimate of drug-likeness (QED) is 0.376. The Kier molecular flexibility index (Phi) is 5.33. The molecule has 2 aromatic heterocycles. The maximum Gasteiger partial charge on any atom is 0.416 e. The molecule has 0 unspecified atom stereocenters. The highest BCUT2D eigenvalue weighted by atomic mass is 19.4. The lowest BCUT2D eigenvalue weighted by Gasteiger charge is -2.07. The molecule has 0 aliphatic heterocycles. The predicted molar refractivity (Wildman–Crippen MR) is 111 cm³/mol. The van der Waals surface area contributed by atoms with Gasteiger partial charge in [0.1, 0.15) is 17.3 Å². The van der Waals surface area contributed by atoms with Crippen LogP contribution >= 0.6 is 0 Å². The van der Waals surface area contributed by atoms with Crippen molar-refractivity contribution in [2.24, 2.45) is 10.7 Å². The first-order valence-electron chi connectivity index (χ1n) is 9.30. The second-order valence-corrected chi connectivity index (χ2v) is 6.82. The van der Waals surface area contributed by atoms with Gasteiger partial charge in [0.2, 0.25) is 0 Å². The molecular weight excluding hydrogens is 407 g/mol. The van der Waals surface area contributed by atoms with Crippen LogP contribution in [0, 0.1) is 0 Å². The average molecular weight is 425 g/mol. The third-order valence-corrected chi connectivity index (χ3v) is 4.71. The fourth-order valence-corrected chi connectivity index (χ4v) is 3.09. The summed E-state index contributed by atoms with van der Waals surface area (Å²) in [6.07, 6.45) is -1.15. The molecule has 6 nitrogen and oxygen atoms in total. The molecule has 0 saturated heterocycles. The number of nitrogens with two attached hydrogens (primary N) is 1. The molecule has 0 aliphatic carbocycles. The van der Waals surface area contributed by atoms with Crippen molar-refractivity contribution in [3.63, 3.8) is 0 Å². The molecule has 158 valence electrons. The fourth-order valence-electron chi connectivity index (χ4n) is 3.09. The van der Waals surface area contributed by atoms with Gasteiger partial charge in [-0.15, -0.1) is 0 Å². The van der Waals surface area contributed by atoms with Crippen LogP contribution in [0.1, 0.15) is 16.8 Å². The van der Waals surface area contributed by atoms with Crippen molar-refractivity contribution in [2.75, 3.05) is 7.11 Å². The van der Waals surface area contributed by atoms with Crippen molar-refractivity contribution in [3.05, 3.63) is 83.8 Å². The highest BCUT2D eigenvalue weighted by molar-refractivity contribution is 5.99. The number of halogens is 3. The molecule has 0 amide bonds. The number of fused-ring (bicyclic) bond motifs is 1. The molecule has 0 aliphatic rings. The van der Waals surface area contributed by atoms with E-state index in [9.17, 15) is 13.2 Å². The summed E-state index contributed by atoms with van der Waals surface area (Å²) < 4.78 is 45.6. The summed E-state index contributed by atoms with van der Waals surface area (Å²) in [5.74, 6) is 0.792. The van der Waals surface area contributed by atoms with E-state index in [0.717, 1.165) is 34.3 Å². The number of methoxy groups -OCH3 is 1. The molecular formula is C22H18F3N5O. The number of amidine groups is 1. The summed E-state index contributed by atoms with van der Waals surface area (Å²) in [5.41, 5.74) is 7.51. The number of ether oxygens (including phenoxy) is 1. The lowest BCUT2D eigenvalue weighted by molar-refractivity contribution is -0.137. The summed E-state index contributed by atoms with van der Waals surface area (Å²) in [6.45, 7) is 0.544. The summed E-state index contributed by atoms with van der Waals surface area (Å²) in [4.78, 5) is 8.41. The maximum absolute atomic E-state index is 12.9. The number of hydrogen-bond acceptors (Lipinski definition) is 4. The van der Waals surface area contributed by atoms with Crippen molar-refractivity contribution in [2.45, 2.75) is 12.7 Å². The molecule has 4 rings (SSSR count). The molecule has 0 bridgehead atoms. The van der Waals surface area contributed by atoms with Crippen molar-refractivity contribution in [1.82, 2.24) is 14.8 Å². The molecule has 4 aromatic rings. The minimum Gasteiger partial charge on any atom is -0.497 e. The Morgan fingerprint density at radius 3 is 2.58 bits per heavy atom. The van der Waals surface area contributed by atoms with Crippen LogP contribution in [0.5, 0.6) is 5.75 Å². The van der Waals surface area contributed by atoms with Crippen molar-refractivity contribution >= 4 is 22.4 Å². The van der Waals surface area contributed by atoms with E-state index in [2.05, 4.69) is 15.1 Å². The summed E-state index contributed by atoms with van der Waals surface area (Å²) in [5, 5.41) is 5.19. The van der Waals surface area contributed by atoms with Gasteiger partial charge in [-0.05, 0) is 42.0 Å². The van der Waals surface area contributed by atoms with E-state index in [1.807, 2.05) is 24.3 Å². The van der Waals surface area contributed by atoms with Gasteiger partial charge < -0.3 is 10.5 Å². The van der Waals surface area contributed by atoms with Gasteiger partial charge in [-0.2, -0.15) is 18.3 Å². The zero-order chi connectivity index (χ0) is 22.0. The topological polar surface area (TPSA) is 78.3 Å². The highest BCUT2D eigenvalue weighted by Gasteiger charge is 2.30. The first kappa shape index (κ1) is 20.4. The van der Waals surface area contributed by atoms with Crippen LogP contribution in [-0.2, 0) is 12.7 Å². The van der Waals surface area contributed by atoms with E-state index in [-0.39, 0.29) is 11.5 Å². The Hall–Kier alpha value is -3.88. The van der Waals surface area contributed by atoms with Gasteiger partial charge in [0.05, 0.1) is 42.8 Å². The maximum atomic E-state index is 12.9. The molecule has 31 heavy (non-hydrogen) atoms. The highest BCUT2D eigenvalue weighted by Crippen LogP contribution is 2.31. The summed E-state index contributed by atoms with van der Waals surface area (Å²) >= 11 is 0. The molecule has 9 heteroatoms. The molecule has 0 saturated carbocycles. The van der Waals surface area contributed by atoms with E-state index in [1.54, 1.807) is 30.3 Å². The van der Waals surface area contributed by atoms with Crippen LogP contribution in [0.4, 0.5) is 18.9 Å². The van der Waals surface area contributed by atoms with Crippen LogP contribution in [0.25, 0.3) is 10.9 Å². The van der Waals surface area contributed by atoms with Crippen LogP contribution in [-0.4, -0.2) is 27.7 Å². The summed E-state index contributed by atoms with van der Waals surface area (Å²) in [7, 11) is 1.61. The molecule has 2 N–H and O–H groups in total. The number of alkyl halides is 3. The van der Waals surface area contributed by atoms with Gasteiger partial charge in [0, 0.05) is 5.39 Å². The van der Waals surface area contributed by atoms with Gasteiger partial charge in [-0.25, -0.2) is 4.99 Å². The van der Waals surface area contributed by atoms with E-state index in [1.165, 1.54) is 12.1 Å². The van der Waals surface area contributed by atoms with Crippen molar-refractivity contribution in [3.8, 4) is 5.75 Å². The van der Waals surface area contributed by atoms with Crippen LogP contribution in [0.3, 0.4) is 0 Å². The van der Waals surface area contributed by atoms with E-state index in [0.29, 0.717) is 12.2 Å². The molecule has 2 heterocycles. The third kappa shape index (κ3) is 4.50. The zero-order valence-corrected chi connectivity index (χ0v) is 16.5. The van der Waals surface area contributed by atoms with E-state index < -0.39 is 11.7 Å². The fraction of sp³-hybridized carbons (Fsp3) is 0.136. The second kappa shape index (κ2) is 8.10. The standard InChI is InChI=1S/C22H18F3N5O/c1-31-18-7-5-14(6-8-18)13-30-20-12-27-19(9-15(20)11-28-30)21(26)29-17-4-2-3-16(10-17)22(23,24)25/h2-12H,13H2,1H3,(H2,26,29). The number of rotatable bonds is 5. The average Bonchev–Trinajstić information content (AvgIpc) is 3.16. The number of hydrogen-bond donors (Lipinski definition) is 1. The van der Waals surface area contributed by atoms with Crippen LogP contribution in [0.15, 0.2) is 72.0 Å². The Bertz CT molecular complexity index is 1250. The smallest absolute Gasteiger partial charge is 0.416 e. The predicted octanol–water partition coefficient (Wildman–Crippen LogP) is 4.54. The molecule has 0 fully saturated rings. The third-order valence-electron chi connectivity index (χ3n) is 4.71. The lowest BCUT2D eigenvalue weighted by Crippen LogP contribution is -2.14. The number of pyridine rings is 1. The minimum atomic E-state index is -4.45. The van der Waals surface area contributed by atoms with Gasteiger partial charge >= 0.3 is 6.18 Å². The molecule has 0 radical (unpaired) electrons. The van der Waals surface area contributed by atoms with Crippen molar-refractivity contribution < 1.29 is 17.9 Å². The Morgan fingerprint density at radius 1 is 1.10 bits per heavy atom. The normalized spacial score (nSPS) is 12.3. The van der Waals surface area contributed by atoms with Gasteiger partial charge in [0.15, 0.2) is 0 Å². The lowest BCUT2D eigenvalue weighted by atomic mass is 10.2. The van der Waals surface area contributed by atoms with Gasteiger partial charge in [-0.1, -0.05) is 18.2 Å². The second-order valence-electron chi connectivity index (χ2n) is 6.82. The molecule has 0 spiro atoms. The first-order valence-corrected chi connectivity index (χ1v) is 9.30. The minimum absolute atomic E-state index is 0.0177. The Labute approximate surface area is 175 Å². The number of nitrogens with zero attached hydrogens (tertiary/aromatic N) is 4. The molecule has 2 aromatic carbocycles. The zero-order valence-electron chi connectivity index (χ0n) is 16.5. The number of aromatic nitrogens is 3. The monoisotopic (exact) mass is 425 g/mol. The number of aliphatic imine (C=N–C) groups is 1. The van der Waals surface area contributed by atoms with Gasteiger partial charge in [0.25, 0.3) is 0 Å². The largest absolute Gasteiger partial charge is 0.497 e. The Morgan fingerprint density at radius 2 is 1.87 bits per heavy atom. The number of benzene rings is 2. The molecule has 0 atom stereocenters. The van der Waals surface area contributed by atoms with Crippen LogP contribution < -0.4 is 10.5 Å². The van der Waals surface area contributed by atoms with Crippen LogP contribution in [0.2, 0.25) is 0 Å².